The van der Waals surface area contributed by atoms with Crippen molar-refractivity contribution in [1.82, 2.24) is 20.1 Å². The number of carbonyl (C=O) groups is 2. The summed E-state index contributed by atoms with van der Waals surface area (Å²) in [7, 11) is 0. The Labute approximate surface area is 153 Å². The Kier molecular flexibility index (Phi) is 5.75. The summed E-state index contributed by atoms with van der Waals surface area (Å²) in [5.74, 6) is 0.706. The molecule has 1 aromatic heterocycles. The maximum absolute atomic E-state index is 12.7. The van der Waals surface area contributed by atoms with E-state index in [0.717, 1.165) is 29.5 Å². The van der Waals surface area contributed by atoms with Gasteiger partial charge in [-0.3, -0.25) is 4.79 Å². The van der Waals surface area contributed by atoms with Crippen LogP contribution >= 0.6 is 0 Å². The van der Waals surface area contributed by atoms with Gasteiger partial charge in [-0.15, -0.1) is 0 Å². The smallest absolute Gasteiger partial charge is 0.317 e. The zero-order chi connectivity index (χ0) is 18.5. The summed E-state index contributed by atoms with van der Waals surface area (Å²) < 4.78 is 5.47. The summed E-state index contributed by atoms with van der Waals surface area (Å²) in [4.78, 5) is 32.7. The molecule has 0 radical (unpaired) electrons. The lowest BCUT2D eigenvalue weighted by Gasteiger charge is -2.22. The monoisotopic (exact) mass is 358 g/mol. The lowest BCUT2D eigenvalue weighted by atomic mass is 10.1. The molecule has 1 aromatic carbocycles. The third kappa shape index (κ3) is 4.33. The number of oxazole rings is 1. The van der Waals surface area contributed by atoms with Crippen LogP contribution in [0, 0.1) is 6.92 Å². The molecule has 0 bridgehead atoms. The second-order valence-electron chi connectivity index (χ2n) is 6.67. The maximum atomic E-state index is 12.7. The van der Waals surface area contributed by atoms with Crippen LogP contribution in [0.15, 0.2) is 22.6 Å². The summed E-state index contributed by atoms with van der Waals surface area (Å²) in [5.41, 5.74) is 2.45. The maximum Gasteiger partial charge on any atom is 0.317 e. The molecule has 1 aliphatic rings. The molecular formula is C19H26N4O3. The van der Waals surface area contributed by atoms with Crippen molar-refractivity contribution in [2.45, 2.75) is 33.1 Å². The summed E-state index contributed by atoms with van der Waals surface area (Å²) in [5, 5.41) is 2.90. The Bertz CT molecular complexity index is 786. The Morgan fingerprint density at radius 3 is 2.77 bits per heavy atom. The van der Waals surface area contributed by atoms with E-state index in [4.69, 9.17) is 4.42 Å². The molecule has 0 unspecified atom stereocenters. The van der Waals surface area contributed by atoms with Crippen LogP contribution in [-0.2, 0) is 11.2 Å². The van der Waals surface area contributed by atoms with E-state index >= 15 is 0 Å². The van der Waals surface area contributed by atoms with Crippen molar-refractivity contribution in [3.63, 3.8) is 0 Å². The fourth-order valence-corrected chi connectivity index (χ4v) is 3.20. The summed E-state index contributed by atoms with van der Waals surface area (Å²) >= 11 is 0. The fourth-order valence-electron chi connectivity index (χ4n) is 3.20. The number of rotatable bonds is 4. The SMILES string of the molecule is CCCNC(=O)N1CCCN(C(=O)Cc2ccc3oc(C)nc3c2)CC1. The summed E-state index contributed by atoms with van der Waals surface area (Å²) in [6, 6.07) is 5.65. The molecule has 26 heavy (non-hydrogen) atoms. The van der Waals surface area contributed by atoms with Gasteiger partial charge in [0.1, 0.15) is 5.52 Å². The predicted octanol–water partition coefficient (Wildman–Crippen LogP) is 2.33. The van der Waals surface area contributed by atoms with Gasteiger partial charge < -0.3 is 19.5 Å². The molecule has 3 rings (SSSR count). The third-order valence-corrected chi connectivity index (χ3v) is 4.58. The van der Waals surface area contributed by atoms with Gasteiger partial charge in [-0.2, -0.15) is 0 Å². The minimum absolute atomic E-state index is 0.0343. The first-order valence-corrected chi connectivity index (χ1v) is 9.23. The van der Waals surface area contributed by atoms with Crippen LogP contribution in [0.2, 0.25) is 0 Å². The molecule has 7 heteroatoms. The van der Waals surface area contributed by atoms with Crippen molar-refractivity contribution < 1.29 is 14.0 Å². The molecule has 2 heterocycles. The van der Waals surface area contributed by atoms with Gasteiger partial charge >= 0.3 is 6.03 Å². The van der Waals surface area contributed by atoms with Crippen LogP contribution in [0.1, 0.15) is 31.2 Å². The lowest BCUT2D eigenvalue weighted by molar-refractivity contribution is -0.130. The first-order valence-electron chi connectivity index (χ1n) is 9.23. The first kappa shape index (κ1) is 18.2. The van der Waals surface area contributed by atoms with Gasteiger partial charge in [-0.1, -0.05) is 13.0 Å². The van der Waals surface area contributed by atoms with E-state index in [1.807, 2.05) is 36.9 Å². The van der Waals surface area contributed by atoms with Crippen LogP contribution in [0.3, 0.4) is 0 Å². The number of carbonyl (C=O) groups excluding carboxylic acids is 2. The van der Waals surface area contributed by atoms with Crippen molar-refractivity contribution >= 4 is 23.0 Å². The van der Waals surface area contributed by atoms with Gasteiger partial charge in [-0.25, -0.2) is 9.78 Å². The predicted molar refractivity (Wildman–Crippen MR) is 98.9 cm³/mol. The molecule has 1 N–H and O–H groups in total. The van der Waals surface area contributed by atoms with Crippen LogP contribution in [0.25, 0.3) is 11.1 Å². The number of nitrogens with zero attached hydrogens (tertiary/aromatic N) is 3. The van der Waals surface area contributed by atoms with Crippen molar-refractivity contribution in [1.29, 1.82) is 0 Å². The number of fused-ring (bicyclic) bond motifs is 1. The number of urea groups is 1. The van der Waals surface area contributed by atoms with Crippen LogP contribution in [0.4, 0.5) is 4.79 Å². The van der Waals surface area contributed by atoms with Crippen LogP contribution in [0.5, 0.6) is 0 Å². The average Bonchev–Trinajstić information content (AvgIpc) is 2.82. The van der Waals surface area contributed by atoms with Gasteiger partial charge in [0.05, 0.1) is 6.42 Å². The molecule has 1 aliphatic heterocycles. The Balaban J connectivity index is 1.58. The van der Waals surface area contributed by atoms with E-state index in [0.29, 0.717) is 45.0 Å². The molecule has 1 saturated heterocycles. The number of amides is 3. The van der Waals surface area contributed by atoms with E-state index in [1.54, 1.807) is 4.90 Å². The van der Waals surface area contributed by atoms with Crippen molar-refractivity contribution in [3.05, 3.63) is 29.7 Å². The molecule has 3 amide bonds. The highest BCUT2D eigenvalue weighted by Crippen LogP contribution is 2.18. The fraction of sp³-hybridized carbons (Fsp3) is 0.526. The lowest BCUT2D eigenvalue weighted by Crippen LogP contribution is -2.43. The quantitative estimate of drug-likeness (QED) is 0.910. The van der Waals surface area contributed by atoms with Gasteiger partial charge in [0.25, 0.3) is 0 Å². The minimum atomic E-state index is -0.0343. The second kappa shape index (κ2) is 8.21. The van der Waals surface area contributed by atoms with Gasteiger partial charge in [0.15, 0.2) is 11.5 Å². The zero-order valence-corrected chi connectivity index (χ0v) is 15.5. The summed E-state index contributed by atoms with van der Waals surface area (Å²) in [6.45, 7) is 7.03. The topological polar surface area (TPSA) is 78.7 Å². The number of hydrogen-bond donors (Lipinski definition) is 1. The van der Waals surface area contributed by atoms with Crippen molar-refractivity contribution in [2.24, 2.45) is 0 Å². The number of aromatic nitrogens is 1. The Morgan fingerprint density at radius 1 is 1.19 bits per heavy atom. The molecule has 0 spiro atoms. The van der Waals surface area contributed by atoms with Crippen molar-refractivity contribution in [3.8, 4) is 0 Å². The van der Waals surface area contributed by atoms with Gasteiger partial charge in [-0.05, 0) is 30.5 Å². The largest absolute Gasteiger partial charge is 0.441 e. The Hall–Kier alpha value is -2.57. The van der Waals surface area contributed by atoms with E-state index in [-0.39, 0.29) is 11.9 Å². The molecule has 7 nitrogen and oxygen atoms in total. The third-order valence-electron chi connectivity index (χ3n) is 4.58. The van der Waals surface area contributed by atoms with E-state index < -0.39 is 0 Å². The molecule has 1 fully saturated rings. The van der Waals surface area contributed by atoms with E-state index in [1.165, 1.54) is 0 Å². The van der Waals surface area contributed by atoms with E-state index in [9.17, 15) is 9.59 Å². The number of benzene rings is 1. The number of hydrogen-bond acceptors (Lipinski definition) is 4. The number of aryl methyl sites for hydroxylation is 1. The highest BCUT2D eigenvalue weighted by Gasteiger charge is 2.22. The van der Waals surface area contributed by atoms with Gasteiger partial charge in [0, 0.05) is 39.6 Å². The molecule has 0 saturated carbocycles. The molecular weight excluding hydrogens is 332 g/mol. The highest BCUT2D eigenvalue weighted by molar-refractivity contribution is 5.81. The zero-order valence-electron chi connectivity index (χ0n) is 15.5. The summed E-state index contributed by atoms with van der Waals surface area (Å²) in [6.07, 6.45) is 2.05. The highest BCUT2D eigenvalue weighted by atomic mass is 16.3. The van der Waals surface area contributed by atoms with Crippen molar-refractivity contribution in [2.75, 3.05) is 32.7 Å². The average molecular weight is 358 g/mol. The van der Waals surface area contributed by atoms with Crippen LogP contribution < -0.4 is 5.32 Å². The second-order valence-corrected chi connectivity index (χ2v) is 6.67. The number of nitrogens with one attached hydrogen (secondary N) is 1. The Morgan fingerprint density at radius 2 is 1.96 bits per heavy atom. The molecule has 2 aromatic rings. The molecule has 0 aliphatic carbocycles. The molecule has 140 valence electrons. The standard InChI is InChI=1S/C19H26N4O3/c1-3-7-20-19(25)23-9-4-8-22(10-11-23)18(24)13-15-5-6-17-16(12-15)21-14(2)26-17/h5-6,12H,3-4,7-11,13H2,1-2H3,(H,20,25). The minimum Gasteiger partial charge on any atom is -0.441 e. The normalized spacial score (nSPS) is 15.2. The van der Waals surface area contributed by atoms with Crippen LogP contribution in [-0.4, -0.2) is 59.4 Å². The molecule has 0 atom stereocenters. The first-order chi connectivity index (χ1) is 12.6. The van der Waals surface area contributed by atoms with Gasteiger partial charge in [0.2, 0.25) is 5.91 Å². The van der Waals surface area contributed by atoms with E-state index in [2.05, 4.69) is 10.3 Å².